The molecule has 1 aliphatic heterocycles. The summed E-state index contributed by atoms with van der Waals surface area (Å²) in [5.41, 5.74) is 4.39. The molecule has 1 atom stereocenters. The van der Waals surface area contributed by atoms with Crippen LogP contribution in [0.3, 0.4) is 0 Å². The van der Waals surface area contributed by atoms with Crippen molar-refractivity contribution in [2.24, 2.45) is 0 Å². The number of nitrogens with zero attached hydrogens (tertiary/aromatic N) is 1. The van der Waals surface area contributed by atoms with Gasteiger partial charge in [0.2, 0.25) is 0 Å². The molecule has 148 valence electrons. The molecule has 1 unspecified atom stereocenters. The minimum Gasteiger partial charge on any atom is -0.319 e. The normalized spacial score (nSPS) is 17.5. The van der Waals surface area contributed by atoms with Crippen molar-refractivity contribution in [1.29, 1.82) is 0 Å². The van der Waals surface area contributed by atoms with Crippen LogP contribution in [0.2, 0.25) is 0 Å². The second-order valence-electron chi connectivity index (χ2n) is 8.01. The first-order chi connectivity index (χ1) is 13.5. The summed E-state index contributed by atoms with van der Waals surface area (Å²) in [6.07, 6.45) is 2.09. The molecule has 3 nitrogen and oxygen atoms in total. The monoisotopic (exact) mass is 376 g/mol. The minimum absolute atomic E-state index is 0.0224. The second-order valence-corrected chi connectivity index (χ2v) is 8.01. The minimum atomic E-state index is -0.182. The molecule has 1 aliphatic rings. The first-order valence-corrected chi connectivity index (χ1v) is 10.3. The van der Waals surface area contributed by atoms with E-state index in [1.54, 1.807) is 0 Å². The molecule has 0 bridgehead atoms. The molecule has 0 aromatic heterocycles. The number of benzene rings is 2. The standard InChI is InChI=1S/C25H32N2O/c1-5-6-17-27-23(19(2)20(3)24(27)28)26-18-25(4,21-13-9-7-10-14-21)22-15-11-8-12-16-22/h7-16,23,26H,5-6,17-18H2,1-4H3. The van der Waals surface area contributed by atoms with Gasteiger partial charge in [0.05, 0.1) is 0 Å². The summed E-state index contributed by atoms with van der Waals surface area (Å²) in [6.45, 7) is 10.0. The molecule has 0 saturated carbocycles. The third-order valence-electron chi connectivity index (χ3n) is 6.12. The van der Waals surface area contributed by atoms with Crippen LogP contribution < -0.4 is 5.32 Å². The summed E-state index contributed by atoms with van der Waals surface area (Å²) in [4.78, 5) is 14.7. The Kier molecular flexibility index (Phi) is 6.35. The predicted octanol–water partition coefficient (Wildman–Crippen LogP) is 4.89. The molecule has 2 aromatic carbocycles. The first kappa shape index (κ1) is 20.3. The summed E-state index contributed by atoms with van der Waals surface area (Å²) >= 11 is 0. The summed E-state index contributed by atoms with van der Waals surface area (Å²) < 4.78 is 0. The lowest BCUT2D eigenvalue weighted by Crippen LogP contribution is -2.50. The van der Waals surface area contributed by atoms with Crippen LogP contribution in [-0.2, 0) is 10.2 Å². The van der Waals surface area contributed by atoms with Crippen LogP contribution in [0.15, 0.2) is 71.8 Å². The quantitative estimate of drug-likeness (QED) is 0.712. The number of hydrogen-bond donors (Lipinski definition) is 1. The molecule has 1 heterocycles. The van der Waals surface area contributed by atoms with Gasteiger partial charge in [0.25, 0.3) is 5.91 Å². The van der Waals surface area contributed by atoms with E-state index in [2.05, 4.69) is 86.8 Å². The van der Waals surface area contributed by atoms with Crippen LogP contribution in [0.25, 0.3) is 0 Å². The maximum Gasteiger partial charge on any atom is 0.251 e. The zero-order chi connectivity index (χ0) is 20.1. The van der Waals surface area contributed by atoms with Crippen molar-refractivity contribution in [3.8, 4) is 0 Å². The Hall–Kier alpha value is -2.39. The Morgan fingerprint density at radius 2 is 1.50 bits per heavy atom. The van der Waals surface area contributed by atoms with Gasteiger partial charge in [-0.2, -0.15) is 0 Å². The molecule has 2 aromatic rings. The van der Waals surface area contributed by atoms with E-state index in [0.29, 0.717) is 0 Å². The fourth-order valence-electron chi connectivity index (χ4n) is 4.05. The van der Waals surface area contributed by atoms with Crippen molar-refractivity contribution in [3.05, 3.63) is 82.9 Å². The molecule has 1 amide bonds. The largest absolute Gasteiger partial charge is 0.319 e. The topological polar surface area (TPSA) is 32.3 Å². The number of carbonyl (C=O) groups is 1. The van der Waals surface area contributed by atoms with Gasteiger partial charge in [-0.25, -0.2) is 0 Å². The molecule has 1 N–H and O–H groups in total. The van der Waals surface area contributed by atoms with Crippen molar-refractivity contribution in [2.75, 3.05) is 13.1 Å². The number of amides is 1. The predicted molar refractivity (Wildman–Crippen MR) is 116 cm³/mol. The lowest BCUT2D eigenvalue weighted by atomic mass is 9.76. The Balaban J connectivity index is 1.89. The first-order valence-electron chi connectivity index (χ1n) is 10.3. The van der Waals surface area contributed by atoms with E-state index in [9.17, 15) is 4.79 Å². The van der Waals surface area contributed by atoms with E-state index in [4.69, 9.17) is 0 Å². The Morgan fingerprint density at radius 3 is 2.00 bits per heavy atom. The van der Waals surface area contributed by atoms with E-state index in [0.717, 1.165) is 37.1 Å². The fourth-order valence-corrected chi connectivity index (χ4v) is 4.05. The van der Waals surface area contributed by atoms with E-state index in [1.807, 2.05) is 11.8 Å². The van der Waals surface area contributed by atoms with Crippen LogP contribution in [0, 0.1) is 0 Å². The number of unbranched alkanes of at least 4 members (excludes halogenated alkanes) is 1. The molecule has 3 heteroatoms. The van der Waals surface area contributed by atoms with Crippen LogP contribution >= 0.6 is 0 Å². The van der Waals surface area contributed by atoms with Crippen LogP contribution in [-0.4, -0.2) is 30.1 Å². The second kappa shape index (κ2) is 8.74. The van der Waals surface area contributed by atoms with Crippen LogP contribution in [0.5, 0.6) is 0 Å². The molecule has 0 fully saturated rings. The van der Waals surface area contributed by atoms with Gasteiger partial charge >= 0.3 is 0 Å². The lowest BCUT2D eigenvalue weighted by molar-refractivity contribution is -0.127. The Labute approximate surface area is 169 Å². The smallest absolute Gasteiger partial charge is 0.251 e. The number of rotatable bonds is 8. The SMILES string of the molecule is CCCCN1C(=O)C(C)=C(C)C1NCC(C)(c1ccccc1)c1ccccc1. The van der Waals surface area contributed by atoms with Crippen molar-refractivity contribution in [2.45, 2.75) is 52.1 Å². The summed E-state index contributed by atoms with van der Waals surface area (Å²) in [6, 6.07) is 21.3. The van der Waals surface area contributed by atoms with E-state index in [-0.39, 0.29) is 17.5 Å². The zero-order valence-electron chi connectivity index (χ0n) is 17.5. The molecule has 0 aliphatic carbocycles. The molecular formula is C25H32N2O. The van der Waals surface area contributed by atoms with Gasteiger partial charge < -0.3 is 4.90 Å². The number of nitrogens with one attached hydrogen (secondary N) is 1. The molecule has 0 spiro atoms. The van der Waals surface area contributed by atoms with Crippen LogP contribution in [0.1, 0.15) is 51.7 Å². The lowest BCUT2D eigenvalue weighted by Gasteiger charge is -2.35. The highest BCUT2D eigenvalue weighted by Crippen LogP contribution is 2.32. The summed E-state index contributed by atoms with van der Waals surface area (Å²) in [5.74, 6) is 0.171. The highest BCUT2D eigenvalue weighted by molar-refractivity contribution is 5.96. The Bertz CT molecular complexity index is 787. The maximum absolute atomic E-state index is 12.7. The van der Waals surface area contributed by atoms with Crippen molar-refractivity contribution >= 4 is 5.91 Å². The third-order valence-corrected chi connectivity index (χ3v) is 6.12. The Morgan fingerprint density at radius 1 is 0.964 bits per heavy atom. The van der Waals surface area contributed by atoms with Gasteiger partial charge in [-0.1, -0.05) is 80.9 Å². The van der Waals surface area contributed by atoms with E-state index < -0.39 is 0 Å². The van der Waals surface area contributed by atoms with Crippen molar-refractivity contribution in [1.82, 2.24) is 10.2 Å². The van der Waals surface area contributed by atoms with Crippen molar-refractivity contribution < 1.29 is 4.79 Å². The van der Waals surface area contributed by atoms with Gasteiger partial charge in [-0.15, -0.1) is 0 Å². The summed E-state index contributed by atoms with van der Waals surface area (Å²) in [5, 5.41) is 3.74. The molecule has 0 saturated heterocycles. The van der Waals surface area contributed by atoms with Gasteiger partial charge in [-0.05, 0) is 37.0 Å². The van der Waals surface area contributed by atoms with Gasteiger partial charge in [0.1, 0.15) is 6.17 Å². The zero-order valence-corrected chi connectivity index (χ0v) is 17.5. The van der Waals surface area contributed by atoms with Crippen molar-refractivity contribution in [3.63, 3.8) is 0 Å². The molecule has 28 heavy (non-hydrogen) atoms. The van der Waals surface area contributed by atoms with Gasteiger partial charge in [-0.3, -0.25) is 10.1 Å². The summed E-state index contributed by atoms with van der Waals surface area (Å²) in [7, 11) is 0. The molecule has 0 radical (unpaired) electrons. The molecular weight excluding hydrogens is 344 g/mol. The third kappa shape index (κ3) is 3.90. The fraction of sp³-hybridized carbons (Fsp3) is 0.400. The average Bonchev–Trinajstić information content (AvgIpc) is 2.95. The van der Waals surface area contributed by atoms with Gasteiger partial charge in [0, 0.05) is 24.1 Å². The maximum atomic E-state index is 12.7. The van der Waals surface area contributed by atoms with Gasteiger partial charge in [0.15, 0.2) is 0 Å². The molecule has 3 rings (SSSR count). The average molecular weight is 377 g/mol. The van der Waals surface area contributed by atoms with Crippen LogP contribution in [0.4, 0.5) is 0 Å². The number of hydrogen-bond acceptors (Lipinski definition) is 2. The number of carbonyl (C=O) groups excluding carboxylic acids is 1. The highest BCUT2D eigenvalue weighted by atomic mass is 16.2. The van der Waals surface area contributed by atoms with E-state index >= 15 is 0 Å². The highest BCUT2D eigenvalue weighted by Gasteiger charge is 2.36. The van der Waals surface area contributed by atoms with E-state index in [1.165, 1.54) is 11.1 Å².